The van der Waals surface area contributed by atoms with Crippen molar-refractivity contribution in [3.8, 4) is 5.75 Å². The molecule has 0 fully saturated rings. The minimum Gasteiger partial charge on any atom is -0.465 e. The third kappa shape index (κ3) is 9.02. The van der Waals surface area contributed by atoms with Crippen molar-refractivity contribution in [2.45, 2.75) is 51.7 Å². The van der Waals surface area contributed by atoms with Gasteiger partial charge >= 0.3 is 19.4 Å². The Balaban J connectivity index is 1.90. The highest BCUT2D eigenvalue weighted by Crippen LogP contribution is 2.47. The molecule has 0 aliphatic heterocycles. The number of nitrogens with one attached hydrogen (secondary N) is 2. The molecule has 15 nitrogen and oxygen atoms in total. The van der Waals surface area contributed by atoms with Crippen molar-refractivity contribution in [1.29, 1.82) is 0 Å². The first kappa shape index (κ1) is 32.5. The summed E-state index contributed by atoms with van der Waals surface area (Å²) < 4.78 is 37.6. The molecule has 16 heteroatoms. The van der Waals surface area contributed by atoms with Crippen molar-refractivity contribution in [3.05, 3.63) is 86.0 Å². The van der Waals surface area contributed by atoms with Crippen LogP contribution < -0.4 is 20.9 Å². The maximum absolute atomic E-state index is 14.1. The number of carbonyl (C=O) groups excluding carboxylic acids is 1. The number of carbonyl (C=O) groups is 1. The van der Waals surface area contributed by atoms with Gasteiger partial charge in [0, 0.05) is 22.6 Å². The van der Waals surface area contributed by atoms with Gasteiger partial charge in [0.05, 0.1) is 25.9 Å². The number of esters is 1. The van der Waals surface area contributed by atoms with E-state index >= 15 is 0 Å². The van der Waals surface area contributed by atoms with Gasteiger partial charge in [0.1, 0.15) is 24.1 Å². The van der Waals surface area contributed by atoms with Gasteiger partial charge in [-0.2, -0.15) is 5.09 Å². The van der Waals surface area contributed by atoms with Gasteiger partial charge in [0.15, 0.2) is 0 Å². The van der Waals surface area contributed by atoms with Gasteiger partial charge in [-0.3, -0.25) is 23.7 Å². The summed E-state index contributed by atoms with van der Waals surface area (Å²) in [7, 11) is -4.37. The monoisotopic (exact) mass is 604 g/mol. The maximum Gasteiger partial charge on any atom is 0.459 e. The van der Waals surface area contributed by atoms with E-state index in [1.165, 1.54) is 13.8 Å². The second kappa shape index (κ2) is 15.3. The van der Waals surface area contributed by atoms with Crippen LogP contribution in [0.25, 0.3) is 21.2 Å². The predicted molar refractivity (Wildman–Crippen MR) is 153 cm³/mol. The summed E-state index contributed by atoms with van der Waals surface area (Å²) in [5.74, 6) is -0.481. The largest absolute Gasteiger partial charge is 0.465 e. The summed E-state index contributed by atoms with van der Waals surface area (Å²) in [6.45, 7) is 3.83. The number of aromatic nitrogens is 2. The first-order valence-electron chi connectivity index (χ1n) is 13.1. The van der Waals surface area contributed by atoms with Gasteiger partial charge in [-0.15, -0.1) is 0 Å². The van der Waals surface area contributed by atoms with E-state index in [1.807, 2.05) is 25.1 Å². The van der Waals surface area contributed by atoms with Gasteiger partial charge < -0.3 is 19.1 Å². The molecular formula is C26H33N6O9P. The fraction of sp³-hybridized carbons (Fsp3) is 0.423. The molecule has 226 valence electrons. The summed E-state index contributed by atoms with van der Waals surface area (Å²) in [5, 5.41) is 17.9. The lowest BCUT2D eigenvalue weighted by molar-refractivity contribution is -0.145. The molecule has 0 radical (unpaired) electrons. The van der Waals surface area contributed by atoms with Crippen LogP contribution in [0.5, 0.6) is 5.75 Å². The van der Waals surface area contributed by atoms with E-state index in [1.54, 1.807) is 24.3 Å². The van der Waals surface area contributed by atoms with Crippen LogP contribution in [0.1, 0.15) is 33.4 Å². The number of ether oxygens (including phenoxy) is 2. The number of H-pyrrole nitrogens is 1. The number of azide groups is 1. The first-order valence-corrected chi connectivity index (χ1v) is 14.6. The average Bonchev–Trinajstić information content (AvgIpc) is 2.96. The Kier molecular flexibility index (Phi) is 11.9. The third-order valence-corrected chi connectivity index (χ3v) is 7.49. The molecule has 0 saturated heterocycles. The van der Waals surface area contributed by atoms with Crippen LogP contribution in [0.4, 0.5) is 0 Å². The van der Waals surface area contributed by atoms with Crippen molar-refractivity contribution in [2.24, 2.45) is 5.11 Å². The molecule has 3 rings (SSSR count). The molecule has 0 saturated carbocycles. The fourth-order valence-electron chi connectivity index (χ4n) is 3.73. The van der Waals surface area contributed by atoms with E-state index in [0.717, 1.165) is 22.2 Å². The molecular weight excluding hydrogens is 571 g/mol. The van der Waals surface area contributed by atoms with E-state index in [9.17, 15) is 24.1 Å². The molecule has 0 aliphatic carbocycles. The Labute approximate surface area is 240 Å². The molecule has 42 heavy (non-hydrogen) atoms. The molecule has 2 aromatic carbocycles. The van der Waals surface area contributed by atoms with Crippen molar-refractivity contribution in [2.75, 3.05) is 19.8 Å². The highest BCUT2D eigenvalue weighted by molar-refractivity contribution is 7.52. The minimum atomic E-state index is -4.37. The normalized spacial score (nSPS) is 15.5. The second-order valence-corrected chi connectivity index (χ2v) is 10.9. The Morgan fingerprint density at radius 1 is 1.19 bits per heavy atom. The minimum absolute atomic E-state index is 0.162. The standard InChI is InChI=1S/C26H33N6O9P/c1-4-14-38-25(35)17(2)30-42(37,41-21-11-7-9-19-8-5-6-10-20(19)21)39-16-22(18(3)33)40-24(15-28-31-27)32-13-12-23(34)29-26(32)36/h5-13,17-18,22,24,33H,4,14-16H2,1-3H3,(H,30,37)(H,29,34,36)/t17-,18-,22+,24?,42+/m0/s1. The molecule has 0 amide bonds. The van der Waals surface area contributed by atoms with Crippen LogP contribution >= 0.6 is 7.75 Å². The zero-order valence-corrected chi connectivity index (χ0v) is 24.2. The Hall–Kier alpha value is -3.97. The number of rotatable bonds is 16. The van der Waals surface area contributed by atoms with E-state index in [0.29, 0.717) is 11.8 Å². The van der Waals surface area contributed by atoms with Crippen molar-refractivity contribution >= 4 is 24.5 Å². The zero-order chi connectivity index (χ0) is 30.7. The maximum atomic E-state index is 14.1. The molecule has 0 bridgehead atoms. The lowest BCUT2D eigenvalue weighted by Gasteiger charge is -2.29. The van der Waals surface area contributed by atoms with Crippen LogP contribution in [0.3, 0.4) is 0 Å². The van der Waals surface area contributed by atoms with Gasteiger partial charge in [0.25, 0.3) is 5.56 Å². The van der Waals surface area contributed by atoms with Gasteiger partial charge in [-0.1, -0.05) is 48.4 Å². The molecule has 3 aromatic rings. The SMILES string of the molecule is CCCOC(=O)[C@H](C)N[P@@](=O)(OC[C@@H](OC(CN=[N+]=[N-])n1ccc(=O)[nH]c1=O)[C@H](C)O)Oc1cccc2ccccc12. The Bertz CT molecular complexity index is 1560. The summed E-state index contributed by atoms with van der Waals surface area (Å²) in [4.78, 5) is 41.1. The topological polar surface area (TPSA) is 207 Å². The molecule has 0 spiro atoms. The predicted octanol–water partition coefficient (Wildman–Crippen LogP) is 3.40. The second-order valence-electron chi connectivity index (χ2n) is 9.18. The highest BCUT2D eigenvalue weighted by Gasteiger charge is 2.35. The number of aliphatic hydroxyl groups excluding tert-OH is 1. The number of aliphatic hydroxyl groups is 1. The third-order valence-electron chi connectivity index (χ3n) is 5.86. The van der Waals surface area contributed by atoms with Crippen molar-refractivity contribution < 1.29 is 33.0 Å². The van der Waals surface area contributed by atoms with E-state index < -0.39 is 62.6 Å². The number of benzene rings is 2. The van der Waals surface area contributed by atoms with Crippen LogP contribution in [0, 0.1) is 0 Å². The molecule has 1 aromatic heterocycles. The Morgan fingerprint density at radius 3 is 2.62 bits per heavy atom. The number of hydrogen-bond donors (Lipinski definition) is 3. The summed E-state index contributed by atoms with van der Waals surface area (Å²) >= 11 is 0. The molecule has 1 unspecified atom stereocenters. The number of nitrogens with zero attached hydrogens (tertiary/aromatic N) is 4. The van der Waals surface area contributed by atoms with Gasteiger partial charge in [0.2, 0.25) is 0 Å². The zero-order valence-electron chi connectivity index (χ0n) is 23.3. The van der Waals surface area contributed by atoms with Crippen LogP contribution in [0.15, 0.2) is 69.4 Å². The molecule has 5 atom stereocenters. The summed E-state index contributed by atoms with van der Waals surface area (Å²) in [5.41, 5.74) is 7.31. The molecule has 1 heterocycles. The number of hydrogen-bond acceptors (Lipinski definition) is 10. The van der Waals surface area contributed by atoms with Gasteiger partial charge in [-0.05, 0) is 37.3 Å². The lowest BCUT2D eigenvalue weighted by atomic mass is 10.1. The van der Waals surface area contributed by atoms with Crippen LogP contribution in [0.2, 0.25) is 0 Å². The quantitative estimate of drug-likeness (QED) is 0.0714. The highest BCUT2D eigenvalue weighted by atomic mass is 31.2. The number of aromatic amines is 1. The fourth-order valence-corrected chi connectivity index (χ4v) is 5.26. The summed E-state index contributed by atoms with van der Waals surface area (Å²) in [6, 6.07) is 12.3. The van der Waals surface area contributed by atoms with Crippen LogP contribution in [-0.2, 0) is 23.4 Å². The number of fused-ring (bicyclic) bond motifs is 1. The molecule has 0 aliphatic rings. The smallest absolute Gasteiger partial charge is 0.459 e. The van der Waals surface area contributed by atoms with Gasteiger partial charge in [-0.25, -0.2) is 9.36 Å². The first-order chi connectivity index (χ1) is 20.1. The Morgan fingerprint density at radius 2 is 1.93 bits per heavy atom. The van der Waals surface area contributed by atoms with E-state index in [4.69, 9.17) is 24.1 Å². The van der Waals surface area contributed by atoms with E-state index in [-0.39, 0.29) is 12.4 Å². The average molecular weight is 605 g/mol. The van der Waals surface area contributed by atoms with Crippen LogP contribution in [-0.4, -0.2) is 58.6 Å². The van der Waals surface area contributed by atoms with Crippen molar-refractivity contribution in [1.82, 2.24) is 14.6 Å². The van der Waals surface area contributed by atoms with E-state index in [2.05, 4.69) is 20.1 Å². The molecule has 3 N–H and O–H groups in total. The summed E-state index contributed by atoms with van der Waals surface area (Å²) in [6.07, 6.45) is -2.06. The van der Waals surface area contributed by atoms with Crippen molar-refractivity contribution in [3.63, 3.8) is 0 Å². The lowest BCUT2D eigenvalue weighted by Crippen LogP contribution is -2.40.